The van der Waals surface area contributed by atoms with Crippen LogP contribution in [0.3, 0.4) is 0 Å². The van der Waals surface area contributed by atoms with Crippen LogP contribution >= 0.6 is 0 Å². The molecule has 0 aromatic heterocycles. The normalized spacial score (nSPS) is 10.3. The lowest BCUT2D eigenvalue weighted by Gasteiger charge is -2.12. The van der Waals surface area contributed by atoms with E-state index in [1.54, 1.807) is 0 Å². The van der Waals surface area contributed by atoms with Crippen LogP contribution in [-0.4, -0.2) is 14.1 Å². The minimum Gasteiger partial charge on any atom is -0.378 e. The van der Waals surface area contributed by atoms with Crippen molar-refractivity contribution in [3.8, 4) is 0 Å². The quantitative estimate of drug-likeness (QED) is 0.636. The molecule has 0 fully saturated rings. The van der Waals surface area contributed by atoms with Crippen LogP contribution in [-0.2, 0) is 0 Å². The molecule has 1 heteroatoms. The standard InChI is InChI=1S/C12H12N/c1-13(2)12-8-7-10-5-3-4-6-11(10)9-12/h3,5-9H,1-2H3. The zero-order valence-corrected chi connectivity index (χ0v) is 7.91. The van der Waals surface area contributed by atoms with E-state index in [4.69, 9.17) is 0 Å². The maximum absolute atomic E-state index is 3.08. The Bertz CT molecular complexity index is 418. The van der Waals surface area contributed by atoms with Gasteiger partial charge in [-0.25, -0.2) is 0 Å². The number of anilines is 1. The van der Waals surface area contributed by atoms with E-state index in [9.17, 15) is 0 Å². The zero-order chi connectivity index (χ0) is 9.26. The fraction of sp³-hybridized carbons (Fsp3) is 0.167. The van der Waals surface area contributed by atoms with Gasteiger partial charge in [-0.1, -0.05) is 18.2 Å². The summed E-state index contributed by atoms with van der Waals surface area (Å²) in [7, 11) is 4.10. The monoisotopic (exact) mass is 170 g/mol. The Labute approximate surface area is 78.6 Å². The summed E-state index contributed by atoms with van der Waals surface area (Å²) in [4.78, 5) is 2.10. The molecule has 0 spiro atoms. The molecule has 0 bridgehead atoms. The number of nitrogens with zero attached hydrogens (tertiary/aromatic N) is 1. The van der Waals surface area contributed by atoms with E-state index in [-0.39, 0.29) is 0 Å². The van der Waals surface area contributed by atoms with E-state index in [2.05, 4.69) is 35.2 Å². The molecule has 0 unspecified atom stereocenters. The second-order valence-electron chi connectivity index (χ2n) is 3.35. The third-order valence-electron chi connectivity index (χ3n) is 2.18. The van der Waals surface area contributed by atoms with Crippen molar-refractivity contribution in [3.63, 3.8) is 0 Å². The first-order valence-corrected chi connectivity index (χ1v) is 4.34. The molecule has 0 aliphatic carbocycles. The van der Waals surface area contributed by atoms with Gasteiger partial charge in [0, 0.05) is 19.8 Å². The average molecular weight is 170 g/mol. The van der Waals surface area contributed by atoms with Crippen LogP contribution in [0.2, 0.25) is 0 Å². The number of hydrogen-bond acceptors (Lipinski definition) is 1. The maximum atomic E-state index is 3.08. The van der Waals surface area contributed by atoms with Crippen molar-refractivity contribution in [2.75, 3.05) is 19.0 Å². The van der Waals surface area contributed by atoms with Crippen LogP contribution in [0.15, 0.2) is 36.4 Å². The van der Waals surface area contributed by atoms with Crippen LogP contribution in [0.1, 0.15) is 0 Å². The smallest absolute Gasteiger partial charge is 0.0367 e. The van der Waals surface area contributed by atoms with Gasteiger partial charge in [0.05, 0.1) is 0 Å². The Hall–Kier alpha value is -1.50. The molecule has 0 N–H and O–H groups in total. The van der Waals surface area contributed by atoms with Gasteiger partial charge >= 0.3 is 0 Å². The highest BCUT2D eigenvalue weighted by Crippen LogP contribution is 2.19. The topological polar surface area (TPSA) is 3.24 Å². The van der Waals surface area contributed by atoms with E-state index in [1.807, 2.05) is 26.2 Å². The highest BCUT2D eigenvalue weighted by molar-refractivity contribution is 5.85. The van der Waals surface area contributed by atoms with Crippen molar-refractivity contribution in [1.82, 2.24) is 0 Å². The molecule has 0 amide bonds. The van der Waals surface area contributed by atoms with Gasteiger partial charge in [0.1, 0.15) is 0 Å². The zero-order valence-electron chi connectivity index (χ0n) is 7.91. The Morgan fingerprint density at radius 1 is 1.08 bits per heavy atom. The van der Waals surface area contributed by atoms with Crippen molar-refractivity contribution in [2.24, 2.45) is 0 Å². The fourth-order valence-corrected chi connectivity index (χ4v) is 1.39. The van der Waals surface area contributed by atoms with Gasteiger partial charge in [-0.3, -0.25) is 0 Å². The minimum absolute atomic E-state index is 1.23. The van der Waals surface area contributed by atoms with Crippen molar-refractivity contribution in [3.05, 3.63) is 42.5 Å². The van der Waals surface area contributed by atoms with Crippen LogP contribution in [0.25, 0.3) is 10.8 Å². The summed E-state index contributed by atoms with van der Waals surface area (Å²) in [6.07, 6.45) is 0. The first-order chi connectivity index (χ1) is 6.27. The summed E-state index contributed by atoms with van der Waals surface area (Å²) in [5, 5.41) is 2.51. The molecule has 0 heterocycles. The number of hydrogen-bond donors (Lipinski definition) is 0. The molecule has 2 rings (SSSR count). The van der Waals surface area contributed by atoms with Gasteiger partial charge < -0.3 is 4.90 Å². The second kappa shape index (κ2) is 3.09. The van der Waals surface area contributed by atoms with E-state index < -0.39 is 0 Å². The third-order valence-corrected chi connectivity index (χ3v) is 2.18. The minimum atomic E-state index is 1.23. The lowest BCUT2D eigenvalue weighted by Crippen LogP contribution is -2.07. The SMILES string of the molecule is CN(C)c1ccc2cc[c]cc2c1. The van der Waals surface area contributed by atoms with Gasteiger partial charge in [-0.15, -0.1) is 0 Å². The largest absolute Gasteiger partial charge is 0.378 e. The van der Waals surface area contributed by atoms with E-state index in [0.717, 1.165) is 0 Å². The average Bonchev–Trinajstić information content (AvgIpc) is 2.17. The van der Waals surface area contributed by atoms with Crippen molar-refractivity contribution in [1.29, 1.82) is 0 Å². The summed E-state index contributed by atoms with van der Waals surface area (Å²) in [5.74, 6) is 0. The van der Waals surface area contributed by atoms with Gasteiger partial charge in [-0.05, 0) is 35.0 Å². The molecular weight excluding hydrogens is 158 g/mol. The Kier molecular flexibility index (Phi) is 1.93. The van der Waals surface area contributed by atoms with Crippen molar-refractivity contribution < 1.29 is 0 Å². The molecule has 2 aromatic carbocycles. The molecular formula is C12H12N. The lowest BCUT2D eigenvalue weighted by atomic mass is 10.1. The van der Waals surface area contributed by atoms with Crippen LogP contribution < -0.4 is 4.90 Å². The first-order valence-electron chi connectivity index (χ1n) is 4.34. The number of benzene rings is 2. The Morgan fingerprint density at radius 2 is 1.92 bits per heavy atom. The predicted molar refractivity (Wildman–Crippen MR) is 57.1 cm³/mol. The van der Waals surface area contributed by atoms with Gasteiger partial charge in [-0.2, -0.15) is 0 Å². The molecule has 1 nitrogen and oxygen atoms in total. The highest BCUT2D eigenvalue weighted by Gasteiger charge is 1.96. The van der Waals surface area contributed by atoms with Crippen molar-refractivity contribution in [2.45, 2.75) is 0 Å². The number of rotatable bonds is 1. The predicted octanol–water partition coefficient (Wildman–Crippen LogP) is 2.71. The summed E-state index contributed by atoms with van der Waals surface area (Å²) in [5.41, 5.74) is 1.23. The summed E-state index contributed by atoms with van der Waals surface area (Å²) in [6.45, 7) is 0. The summed E-state index contributed by atoms with van der Waals surface area (Å²) < 4.78 is 0. The Balaban J connectivity index is 2.62. The van der Waals surface area contributed by atoms with Gasteiger partial charge in [0.25, 0.3) is 0 Å². The van der Waals surface area contributed by atoms with Crippen molar-refractivity contribution >= 4 is 16.5 Å². The molecule has 13 heavy (non-hydrogen) atoms. The molecule has 0 aliphatic heterocycles. The highest BCUT2D eigenvalue weighted by atomic mass is 15.1. The molecule has 1 radical (unpaired) electrons. The molecule has 2 aromatic rings. The van der Waals surface area contributed by atoms with E-state index in [1.165, 1.54) is 16.5 Å². The molecule has 0 atom stereocenters. The van der Waals surface area contributed by atoms with Gasteiger partial charge in [0.2, 0.25) is 0 Å². The summed E-state index contributed by atoms with van der Waals surface area (Å²) >= 11 is 0. The van der Waals surface area contributed by atoms with Crippen LogP contribution in [0.5, 0.6) is 0 Å². The molecule has 65 valence electrons. The van der Waals surface area contributed by atoms with E-state index >= 15 is 0 Å². The van der Waals surface area contributed by atoms with E-state index in [0.29, 0.717) is 0 Å². The molecule has 0 saturated carbocycles. The number of fused-ring (bicyclic) bond motifs is 1. The second-order valence-corrected chi connectivity index (χ2v) is 3.35. The first kappa shape index (κ1) is 8.11. The maximum Gasteiger partial charge on any atom is 0.0367 e. The fourth-order valence-electron chi connectivity index (χ4n) is 1.39. The lowest BCUT2D eigenvalue weighted by molar-refractivity contribution is 1.14. The van der Waals surface area contributed by atoms with Crippen LogP contribution in [0, 0.1) is 6.07 Å². The van der Waals surface area contributed by atoms with Gasteiger partial charge in [0.15, 0.2) is 0 Å². The third kappa shape index (κ3) is 1.50. The summed E-state index contributed by atoms with van der Waals surface area (Å²) in [6, 6.07) is 15.6. The Morgan fingerprint density at radius 3 is 2.69 bits per heavy atom. The molecule has 0 aliphatic rings. The molecule has 0 saturated heterocycles. The van der Waals surface area contributed by atoms with Crippen LogP contribution in [0.4, 0.5) is 5.69 Å².